The lowest BCUT2D eigenvalue weighted by atomic mass is 9.85. The molecule has 1 N–H and O–H groups in total. The van der Waals surface area contributed by atoms with Crippen LogP contribution in [0.1, 0.15) is 25.0 Å². The van der Waals surface area contributed by atoms with Crippen LogP contribution < -0.4 is 0 Å². The molecule has 0 spiro atoms. The van der Waals surface area contributed by atoms with Crippen molar-refractivity contribution in [1.82, 2.24) is 0 Å². The minimum Gasteiger partial charge on any atom is -0.395 e. The summed E-state index contributed by atoms with van der Waals surface area (Å²) in [5.41, 5.74) is 1.10. The van der Waals surface area contributed by atoms with Crippen LogP contribution in [0.3, 0.4) is 0 Å². The molecule has 0 saturated carbocycles. The fourth-order valence-corrected chi connectivity index (χ4v) is 1.11. The van der Waals surface area contributed by atoms with E-state index in [2.05, 4.69) is 0 Å². The van der Waals surface area contributed by atoms with E-state index in [4.69, 9.17) is 5.11 Å². The molecule has 1 rings (SSSR count). The van der Waals surface area contributed by atoms with Crippen LogP contribution in [0.2, 0.25) is 0 Å². The van der Waals surface area contributed by atoms with Gasteiger partial charge in [-0.3, -0.25) is 0 Å². The smallest absolute Gasteiger partial charge is 0.126 e. The van der Waals surface area contributed by atoms with Crippen LogP contribution in [-0.4, -0.2) is 11.7 Å². The summed E-state index contributed by atoms with van der Waals surface area (Å²) in [4.78, 5) is 0. The fraction of sp³-hybridized carbons (Fsp3) is 0.455. The molecule has 0 amide bonds. The minimum atomic E-state index is -0.367. The zero-order valence-electron chi connectivity index (χ0n) is 8.26. The van der Waals surface area contributed by atoms with Crippen molar-refractivity contribution in [3.8, 4) is 0 Å². The summed E-state index contributed by atoms with van der Waals surface area (Å²) in [6.07, 6.45) is 0. The molecule has 0 aliphatic rings. The summed E-state index contributed by atoms with van der Waals surface area (Å²) >= 11 is 0. The molecule has 0 aliphatic heterocycles. The molecule has 1 aromatic rings. The van der Waals surface area contributed by atoms with Crippen LogP contribution in [0.5, 0.6) is 0 Å². The molecule has 0 atom stereocenters. The van der Waals surface area contributed by atoms with Gasteiger partial charge < -0.3 is 5.11 Å². The predicted octanol–water partition coefficient (Wildman–Crippen LogP) is 2.40. The highest BCUT2D eigenvalue weighted by Crippen LogP contribution is 2.23. The number of benzene rings is 1. The first-order chi connectivity index (χ1) is 5.97. The number of rotatable bonds is 2. The number of halogens is 1. The first-order valence-electron chi connectivity index (χ1n) is 4.35. The molecule has 0 fully saturated rings. The van der Waals surface area contributed by atoms with E-state index in [1.54, 1.807) is 13.0 Å². The van der Waals surface area contributed by atoms with E-state index in [0.717, 1.165) is 5.56 Å². The van der Waals surface area contributed by atoms with E-state index in [1.807, 2.05) is 19.9 Å². The van der Waals surface area contributed by atoms with Crippen molar-refractivity contribution in [1.29, 1.82) is 0 Å². The zero-order chi connectivity index (χ0) is 10.1. The summed E-state index contributed by atoms with van der Waals surface area (Å²) in [6.45, 7) is 5.52. The highest BCUT2D eigenvalue weighted by molar-refractivity contribution is 5.28. The molecule has 0 saturated heterocycles. The molecule has 0 radical (unpaired) electrons. The molecule has 72 valence electrons. The molecule has 2 heteroatoms. The van der Waals surface area contributed by atoms with E-state index >= 15 is 0 Å². The molecule has 13 heavy (non-hydrogen) atoms. The van der Waals surface area contributed by atoms with Gasteiger partial charge in [-0.15, -0.1) is 0 Å². The maximum absolute atomic E-state index is 13.2. The van der Waals surface area contributed by atoms with Gasteiger partial charge in [0, 0.05) is 5.41 Å². The Hall–Kier alpha value is -0.890. The van der Waals surface area contributed by atoms with Gasteiger partial charge in [0.25, 0.3) is 0 Å². The summed E-state index contributed by atoms with van der Waals surface area (Å²) in [6, 6.07) is 5.09. The third-order valence-electron chi connectivity index (χ3n) is 2.35. The third kappa shape index (κ3) is 2.07. The second kappa shape index (κ2) is 3.46. The maximum atomic E-state index is 13.2. The first-order valence-corrected chi connectivity index (χ1v) is 4.35. The van der Waals surface area contributed by atoms with Gasteiger partial charge in [-0.05, 0) is 24.1 Å². The Balaban J connectivity index is 3.10. The topological polar surface area (TPSA) is 20.2 Å². The molecule has 0 aromatic heterocycles. The maximum Gasteiger partial charge on any atom is 0.126 e. The third-order valence-corrected chi connectivity index (χ3v) is 2.35. The molecule has 0 heterocycles. The van der Waals surface area contributed by atoms with E-state index in [1.165, 1.54) is 6.07 Å². The van der Waals surface area contributed by atoms with E-state index < -0.39 is 0 Å². The van der Waals surface area contributed by atoms with Crippen LogP contribution in [0, 0.1) is 12.7 Å². The number of hydrogen-bond acceptors (Lipinski definition) is 1. The molecule has 0 bridgehead atoms. The Morgan fingerprint density at radius 1 is 1.38 bits per heavy atom. The monoisotopic (exact) mass is 182 g/mol. The lowest BCUT2D eigenvalue weighted by Crippen LogP contribution is -2.22. The van der Waals surface area contributed by atoms with Gasteiger partial charge in [-0.1, -0.05) is 26.0 Å². The average Bonchev–Trinajstić information content (AvgIpc) is 2.09. The molecule has 0 aliphatic carbocycles. The van der Waals surface area contributed by atoms with Crippen LogP contribution in [-0.2, 0) is 5.41 Å². The zero-order valence-corrected chi connectivity index (χ0v) is 8.26. The Morgan fingerprint density at radius 3 is 2.46 bits per heavy atom. The van der Waals surface area contributed by atoms with Crippen molar-refractivity contribution in [3.63, 3.8) is 0 Å². The second-order valence-corrected chi connectivity index (χ2v) is 4.01. The average molecular weight is 182 g/mol. The van der Waals surface area contributed by atoms with Crippen LogP contribution in [0.4, 0.5) is 4.39 Å². The van der Waals surface area contributed by atoms with E-state index in [0.29, 0.717) is 5.56 Å². The van der Waals surface area contributed by atoms with Gasteiger partial charge in [0.15, 0.2) is 0 Å². The Labute approximate surface area is 78.2 Å². The summed E-state index contributed by atoms with van der Waals surface area (Å²) < 4.78 is 13.2. The molecule has 1 nitrogen and oxygen atoms in total. The van der Waals surface area contributed by atoms with E-state index in [9.17, 15) is 4.39 Å². The summed E-state index contributed by atoms with van der Waals surface area (Å²) in [5.74, 6) is -0.209. The predicted molar refractivity (Wildman–Crippen MR) is 51.2 cm³/mol. The van der Waals surface area contributed by atoms with Gasteiger partial charge in [0.2, 0.25) is 0 Å². The van der Waals surface area contributed by atoms with Crippen LogP contribution in [0.25, 0.3) is 0 Å². The van der Waals surface area contributed by atoms with Crippen molar-refractivity contribution in [2.75, 3.05) is 6.61 Å². The number of hydrogen-bond donors (Lipinski definition) is 1. The Morgan fingerprint density at radius 2 is 2.00 bits per heavy atom. The van der Waals surface area contributed by atoms with Crippen LogP contribution in [0.15, 0.2) is 18.2 Å². The van der Waals surface area contributed by atoms with Crippen molar-refractivity contribution < 1.29 is 9.50 Å². The number of aliphatic hydroxyl groups excluding tert-OH is 1. The Kier molecular flexibility index (Phi) is 2.71. The lowest BCUT2D eigenvalue weighted by Gasteiger charge is -2.22. The highest BCUT2D eigenvalue weighted by atomic mass is 19.1. The second-order valence-electron chi connectivity index (χ2n) is 4.01. The molecule has 1 aromatic carbocycles. The van der Waals surface area contributed by atoms with Gasteiger partial charge in [-0.25, -0.2) is 4.39 Å². The number of aryl methyl sites for hydroxylation is 1. The highest BCUT2D eigenvalue weighted by Gasteiger charge is 2.19. The summed E-state index contributed by atoms with van der Waals surface area (Å²) in [5, 5.41) is 9.09. The lowest BCUT2D eigenvalue weighted by molar-refractivity contribution is 0.218. The number of aliphatic hydroxyl groups is 1. The van der Waals surface area contributed by atoms with Gasteiger partial charge in [0.05, 0.1) is 6.61 Å². The van der Waals surface area contributed by atoms with Crippen molar-refractivity contribution >= 4 is 0 Å². The quantitative estimate of drug-likeness (QED) is 0.744. The molecular formula is C11H15FO. The normalized spacial score (nSPS) is 11.8. The van der Waals surface area contributed by atoms with Gasteiger partial charge in [-0.2, -0.15) is 0 Å². The van der Waals surface area contributed by atoms with Crippen molar-refractivity contribution in [2.24, 2.45) is 0 Å². The van der Waals surface area contributed by atoms with Gasteiger partial charge in [0.1, 0.15) is 5.82 Å². The van der Waals surface area contributed by atoms with E-state index in [-0.39, 0.29) is 17.8 Å². The van der Waals surface area contributed by atoms with Crippen molar-refractivity contribution in [2.45, 2.75) is 26.2 Å². The minimum absolute atomic E-state index is 0.0233. The standard InChI is InChI=1S/C11H15FO/c1-8-4-5-9(6-10(8)12)11(2,3)7-13/h4-6,13H,7H2,1-3H3. The van der Waals surface area contributed by atoms with Crippen LogP contribution >= 0.6 is 0 Å². The first kappa shape index (κ1) is 10.2. The van der Waals surface area contributed by atoms with Crippen molar-refractivity contribution in [3.05, 3.63) is 35.1 Å². The molecular weight excluding hydrogens is 167 g/mol. The Bertz CT molecular complexity index is 305. The summed E-state index contributed by atoms with van der Waals surface area (Å²) in [7, 11) is 0. The SMILES string of the molecule is Cc1ccc(C(C)(C)CO)cc1F. The largest absolute Gasteiger partial charge is 0.395 e. The van der Waals surface area contributed by atoms with Gasteiger partial charge >= 0.3 is 0 Å². The fourth-order valence-electron chi connectivity index (χ4n) is 1.11. The molecule has 0 unspecified atom stereocenters.